The van der Waals surface area contributed by atoms with Crippen molar-refractivity contribution < 1.29 is 0 Å². The van der Waals surface area contributed by atoms with Crippen LogP contribution in [0.5, 0.6) is 0 Å². The second-order valence-electron chi connectivity index (χ2n) is 4.28. The molecule has 0 radical (unpaired) electrons. The van der Waals surface area contributed by atoms with Crippen molar-refractivity contribution in [2.45, 2.75) is 20.4 Å². The molecule has 0 saturated heterocycles. The first-order valence-electron chi connectivity index (χ1n) is 5.57. The minimum Gasteiger partial charge on any atom is -0.326 e. The Balaban J connectivity index is 2.47. The zero-order valence-electron chi connectivity index (χ0n) is 9.83. The average Bonchev–Trinajstić information content (AvgIpc) is 2.29. The van der Waals surface area contributed by atoms with E-state index in [-0.39, 0.29) is 0 Å². The molecule has 0 aliphatic heterocycles. The molecule has 0 unspecified atom stereocenters. The Kier molecular flexibility index (Phi) is 3.07. The lowest BCUT2D eigenvalue weighted by molar-refractivity contribution is 1.07. The molecule has 0 amide bonds. The number of hydrogen-bond donors (Lipinski definition) is 1. The Morgan fingerprint density at radius 2 is 1.50 bits per heavy atom. The first-order chi connectivity index (χ1) is 7.69. The first-order valence-corrected chi connectivity index (χ1v) is 5.57. The number of hydrogen-bond acceptors (Lipinski definition) is 1. The molecule has 1 nitrogen and oxygen atoms in total. The Morgan fingerprint density at radius 1 is 0.812 bits per heavy atom. The maximum Gasteiger partial charge on any atom is 0.0178 e. The van der Waals surface area contributed by atoms with Crippen molar-refractivity contribution >= 4 is 0 Å². The molecule has 2 aromatic rings. The first kappa shape index (κ1) is 10.9. The molecule has 2 rings (SSSR count). The molecule has 0 saturated carbocycles. The largest absolute Gasteiger partial charge is 0.326 e. The predicted octanol–water partition coefficient (Wildman–Crippen LogP) is 3.43. The van der Waals surface area contributed by atoms with Crippen molar-refractivity contribution in [2.75, 3.05) is 0 Å². The van der Waals surface area contributed by atoms with Crippen LogP contribution in [0.2, 0.25) is 0 Å². The quantitative estimate of drug-likeness (QED) is 0.809. The zero-order valence-corrected chi connectivity index (χ0v) is 9.83. The molecule has 82 valence electrons. The number of nitrogens with two attached hydrogens (primary N) is 1. The Labute approximate surface area is 96.9 Å². The van der Waals surface area contributed by atoms with Gasteiger partial charge >= 0.3 is 0 Å². The van der Waals surface area contributed by atoms with Gasteiger partial charge < -0.3 is 5.73 Å². The maximum absolute atomic E-state index is 5.69. The van der Waals surface area contributed by atoms with Crippen LogP contribution in [0.4, 0.5) is 0 Å². The molecule has 0 aromatic heterocycles. The summed E-state index contributed by atoms with van der Waals surface area (Å²) in [6.07, 6.45) is 0. The van der Waals surface area contributed by atoms with Crippen LogP contribution in [0, 0.1) is 13.8 Å². The molecule has 0 atom stereocenters. The van der Waals surface area contributed by atoms with Gasteiger partial charge in [-0.2, -0.15) is 0 Å². The van der Waals surface area contributed by atoms with Crippen LogP contribution in [-0.2, 0) is 6.54 Å². The van der Waals surface area contributed by atoms with E-state index in [2.05, 4.69) is 56.3 Å². The fourth-order valence-electron chi connectivity index (χ4n) is 1.89. The number of aryl methyl sites for hydroxylation is 2. The van der Waals surface area contributed by atoms with Gasteiger partial charge in [0, 0.05) is 6.54 Å². The van der Waals surface area contributed by atoms with E-state index in [0.717, 1.165) is 0 Å². The minimum atomic E-state index is 0.598. The summed E-state index contributed by atoms with van der Waals surface area (Å²) >= 11 is 0. The lowest BCUT2D eigenvalue weighted by Crippen LogP contribution is -1.97. The third kappa shape index (κ3) is 2.31. The highest BCUT2D eigenvalue weighted by Crippen LogP contribution is 2.22. The molecule has 0 aliphatic carbocycles. The second-order valence-corrected chi connectivity index (χ2v) is 4.28. The highest BCUT2D eigenvalue weighted by atomic mass is 14.5. The second kappa shape index (κ2) is 4.50. The van der Waals surface area contributed by atoms with Gasteiger partial charge in [0.2, 0.25) is 0 Å². The van der Waals surface area contributed by atoms with Gasteiger partial charge in [0.25, 0.3) is 0 Å². The van der Waals surface area contributed by atoms with Gasteiger partial charge in [0.05, 0.1) is 0 Å². The van der Waals surface area contributed by atoms with Gasteiger partial charge in [0.1, 0.15) is 0 Å². The molecule has 0 aliphatic rings. The van der Waals surface area contributed by atoms with Crippen molar-refractivity contribution in [1.82, 2.24) is 0 Å². The summed E-state index contributed by atoms with van der Waals surface area (Å²) in [4.78, 5) is 0. The van der Waals surface area contributed by atoms with E-state index in [9.17, 15) is 0 Å². The van der Waals surface area contributed by atoms with Gasteiger partial charge in [-0.15, -0.1) is 0 Å². The molecule has 2 aromatic carbocycles. The summed E-state index contributed by atoms with van der Waals surface area (Å²) in [5.41, 5.74) is 11.9. The third-order valence-corrected chi connectivity index (χ3v) is 2.76. The van der Waals surface area contributed by atoms with E-state index < -0.39 is 0 Å². The zero-order chi connectivity index (χ0) is 11.5. The average molecular weight is 211 g/mol. The fourth-order valence-corrected chi connectivity index (χ4v) is 1.89. The van der Waals surface area contributed by atoms with Crippen LogP contribution in [0.3, 0.4) is 0 Å². The summed E-state index contributed by atoms with van der Waals surface area (Å²) in [6, 6.07) is 15.1. The summed E-state index contributed by atoms with van der Waals surface area (Å²) in [7, 11) is 0. The van der Waals surface area contributed by atoms with E-state index >= 15 is 0 Å². The predicted molar refractivity (Wildman–Crippen MR) is 69.2 cm³/mol. The smallest absolute Gasteiger partial charge is 0.0178 e. The van der Waals surface area contributed by atoms with Crippen molar-refractivity contribution in [3.8, 4) is 11.1 Å². The van der Waals surface area contributed by atoms with E-state index in [1.54, 1.807) is 0 Å². The van der Waals surface area contributed by atoms with Crippen LogP contribution in [0.25, 0.3) is 11.1 Å². The molecular formula is C15H17N. The molecule has 0 fully saturated rings. The monoisotopic (exact) mass is 211 g/mol. The van der Waals surface area contributed by atoms with Crippen molar-refractivity contribution in [3.05, 3.63) is 59.2 Å². The number of benzene rings is 2. The highest BCUT2D eigenvalue weighted by Gasteiger charge is 2.00. The van der Waals surface area contributed by atoms with E-state index in [1.807, 2.05) is 0 Å². The standard InChI is InChI=1S/C15H17N/c1-11-3-5-14(6-4-11)15-8-12(2)7-13(9-15)10-16/h3-9H,10,16H2,1-2H3. The molecule has 1 heteroatoms. The SMILES string of the molecule is Cc1ccc(-c2cc(C)cc(CN)c2)cc1. The summed E-state index contributed by atoms with van der Waals surface area (Å²) in [6.45, 7) is 4.81. The lowest BCUT2D eigenvalue weighted by atomic mass is 9.99. The Morgan fingerprint density at radius 3 is 2.12 bits per heavy atom. The van der Waals surface area contributed by atoms with Crippen molar-refractivity contribution in [1.29, 1.82) is 0 Å². The van der Waals surface area contributed by atoms with Crippen LogP contribution in [-0.4, -0.2) is 0 Å². The van der Waals surface area contributed by atoms with Crippen LogP contribution in [0.1, 0.15) is 16.7 Å². The third-order valence-electron chi connectivity index (χ3n) is 2.76. The Bertz CT molecular complexity index is 483. The summed E-state index contributed by atoms with van der Waals surface area (Å²) in [5.74, 6) is 0. The summed E-state index contributed by atoms with van der Waals surface area (Å²) in [5, 5.41) is 0. The molecule has 0 bridgehead atoms. The Hall–Kier alpha value is -1.60. The van der Waals surface area contributed by atoms with Crippen LogP contribution >= 0.6 is 0 Å². The van der Waals surface area contributed by atoms with E-state index in [4.69, 9.17) is 5.73 Å². The molecule has 2 N–H and O–H groups in total. The summed E-state index contributed by atoms with van der Waals surface area (Å²) < 4.78 is 0. The minimum absolute atomic E-state index is 0.598. The molecule has 0 heterocycles. The van der Waals surface area contributed by atoms with Crippen LogP contribution in [0.15, 0.2) is 42.5 Å². The van der Waals surface area contributed by atoms with Gasteiger partial charge in [-0.3, -0.25) is 0 Å². The lowest BCUT2D eigenvalue weighted by Gasteiger charge is -2.07. The maximum atomic E-state index is 5.69. The van der Waals surface area contributed by atoms with Gasteiger partial charge in [-0.1, -0.05) is 47.5 Å². The van der Waals surface area contributed by atoms with E-state index in [0.29, 0.717) is 6.54 Å². The van der Waals surface area contributed by atoms with Gasteiger partial charge in [0.15, 0.2) is 0 Å². The van der Waals surface area contributed by atoms with Crippen LogP contribution < -0.4 is 5.73 Å². The van der Waals surface area contributed by atoms with E-state index in [1.165, 1.54) is 27.8 Å². The molecule has 16 heavy (non-hydrogen) atoms. The molecule has 0 spiro atoms. The topological polar surface area (TPSA) is 26.0 Å². The van der Waals surface area contributed by atoms with Crippen molar-refractivity contribution in [2.24, 2.45) is 5.73 Å². The fraction of sp³-hybridized carbons (Fsp3) is 0.200. The van der Waals surface area contributed by atoms with Gasteiger partial charge in [-0.05, 0) is 36.6 Å². The van der Waals surface area contributed by atoms with Gasteiger partial charge in [-0.25, -0.2) is 0 Å². The van der Waals surface area contributed by atoms with Crippen molar-refractivity contribution in [3.63, 3.8) is 0 Å². The highest BCUT2D eigenvalue weighted by molar-refractivity contribution is 5.65. The molecular weight excluding hydrogens is 194 g/mol. The normalized spacial score (nSPS) is 10.4. The number of rotatable bonds is 2.